The highest BCUT2D eigenvalue weighted by atomic mass is 32.2. The van der Waals surface area contributed by atoms with Crippen molar-refractivity contribution in [3.8, 4) is 0 Å². The number of carbonyl (C=O) groups is 1. The maximum absolute atomic E-state index is 13.4. The Labute approximate surface area is 173 Å². The van der Waals surface area contributed by atoms with Crippen LogP contribution in [0.15, 0.2) is 47.4 Å². The molecular weight excluding hydrogens is 384 g/mol. The molecule has 0 aliphatic carbocycles. The maximum Gasteiger partial charge on any atom is 0.264 e. The van der Waals surface area contributed by atoms with Gasteiger partial charge in [0.25, 0.3) is 10.0 Å². The lowest BCUT2D eigenvalue weighted by atomic mass is 9.85. The summed E-state index contributed by atoms with van der Waals surface area (Å²) in [7, 11) is -3.65. The van der Waals surface area contributed by atoms with E-state index in [1.54, 1.807) is 29.2 Å². The summed E-state index contributed by atoms with van der Waals surface area (Å²) in [6, 6.07) is 12.9. The number of benzene rings is 2. The lowest BCUT2D eigenvalue weighted by molar-refractivity contribution is -0.117. The van der Waals surface area contributed by atoms with Gasteiger partial charge in [0.05, 0.1) is 10.6 Å². The van der Waals surface area contributed by atoms with Gasteiger partial charge in [0.15, 0.2) is 0 Å². The van der Waals surface area contributed by atoms with Gasteiger partial charge >= 0.3 is 0 Å². The lowest BCUT2D eigenvalue weighted by Crippen LogP contribution is -2.35. The number of aryl methyl sites for hydroxylation is 1. The molecule has 5 nitrogen and oxygen atoms in total. The molecule has 1 amide bonds. The fourth-order valence-corrected chi connectivity index (χ4v) is 5.67. The van der Waals surface area contributed by atoms with Gasteiger partial charge in [0.1, 0.15) is 0 Å². The summed E-state index contributed by atoms with van der Waals surface area (Å²) in [6.07, 6.45) is 3.10. The molecule has 1 saturated heterocycles. The second kappa shape index (κ2) is 7.17. The molecule has 2 heterocycles. The van der Waals surface area contributed by atoms with Crippen LogP contribution >= 0.6 is 0 Å². The van der Waals surface area contributed by atoms with E-state index >= 15 is 0 Å². The van der Waals surface area contributed by atoms with Crippen LogP contribution in [0, 0.1) is 0 Å². The van der Waals surface area contributed by atoms with Gasteiger partial charge in [-0.25, -0.2) is 8.42 Å². The van der Waals surface area contributed by atoms with Gasteiger partial charge in [-0.15, -0.1) is 0 Å². The zero-order valence-corrected chi connectivity index (χ0v) is 18.1. The molecule has 2 aromatic carbocycles. The molecule has 0 atom stereocenters. The highest BCUT2D eigenvalue weighted by molar-refractivity contribution is 7.92. The molecule has 0 spiro atoms. The van der Waals surface area contributed by atoms with Crippen LogP contribution in [0.3, 0.4) is 0 Å². The van der Waals surface area contributed by atoms with Crippen molar-refractivity contribution in [3.05, 3.63) is 53.6 Å². The number of anilines is 2. The number of nitrogens with zero attached hydrogens (tertiary/aromatic N) is 2. The third kappa shape index (κ3) is 3.66. The fraction of sp³-hybridized carbons (Fsp3) is 0.435. The molecule has 0 N–H and O–H groups in total. The van der Waals surface area contributed by atoms with Crippen molar-refractivity contribution in [2.24, 2.45) is 0 Å². The Bertz CT molecular complexity index is 1040. The molecule has 2 aliphatic heterocycles. The van der Waals surface area contributed by atoms with Crippen LogP contribution in [0.5, 0.6) is 0 Å². The Morgan fingerprint density at radius 3 is 2.21 bits per heavy atom. The average Bonchev–Trinajstić information content (AvgIpc) is 3.12. The van der Waals surface area contributed by atoms with Crippen LogP contribution < -0.4 is 9.21 Å². The van der Waals surface area contributed by atoms with E-state index < -0.39 is 10.0 Å². The third-order valence-electron chi connectivity index (χ3n) is 5.83. The van der Waals surface area contributed by atoms with Crippen LogP contribution in [0.1, 0.15) is 51.2 Å². The minimum atomic E-state index is -3.65. The molecule has 0 saturated carbocycles. The van der Waals surface area contributed by atoms with Crippen molar-refractivity contribution < 1.29 is 13.2 Å². The molecule has 0 radical (unpaired) electrons. The number of amides is 1. The SMILES string of the molecule is CC(C)(C)c1ccc2c(c1)CCCN2S(=O)(=O)c1ccc(N2CCCC2=O)cc1. The van der Waals surface area contributed by atoms with E-state index in [9.17, 15) is 13.2 Å². The number of carbonyl (C=O) groups excluding carboxylic acids is 1. The number of hydrogen-bond acceptors (Lipinski definition) is 3. The Balaban J connectivity index is 1.66. The molecule has 154 valence electrons. The zero-order chi connectivity index (χ0) is 20.8. The highest BCUT2D eigenvalue weighted by Crippen LogP contribution is 2.35. The smallest absolute Gasteiger partial charge is 0.264 e. The van der Waals surface area contributed by atoms with Crippen molar-refractivity contribution >= 4 is 27.3 Å². The molecule has 4 rings (SSSR count). The molecular formula is C23H28N2O3S. The van der Waals surface area contributed by atoms with Gasteiger partial charge in [-0.3, -0.25) is 9.10 Å². The topological polar surface area (TPSA) is 57.7 Å². The van der Waals surface area contributed by atoms with E-state index in [1.807, 2.05) is 12.1 Å². The van der Waals surface area contributed by atoms with E-state index in [4.69, 9.17) is 0 Å². The van der Waals surface area contributed by atoms with E-state index in [-0.39, 0.29) is 16.2 Å². The summed E-state index contributed by atoms with van der Waals surface area (Å²) in [5.41, 5.74) is 3.88. The van der Waals surface area contributed by atoms with Crippen molar-refractivity contribution in [1.82, 2.24) is 0 Å². The molecule has 2 aliphatic rings. The maximum atomic E-state index is 13.4. The lowest BCUT2D eigenvalue weighted by Gasteiger charge is -2.32. The minimum absolute atomic E-state index is 0.0268. The van der Waals surface area contributed by atoms with Crippen LogP contribution in [-0.2, 0) is 26.7 Å². The molecule has 0 aromatic heterocycles. The summed E-state index contributed by atoms with van der Waals surface area (Å²) in [5.74, 6) is 0.0974. The van der Waals surface area contributed by atoms with Crippen molar-refractivity contribution in [1.29, 1.82) is 0 Å². The number of hydrogen-bond donors (Lipinski definition) is 0. The Morgan fingerprint density at radius 2 is 1.59 bits per heavy atom. The monoisotopic (exact) mass is 412 g/mol. The van der Waals surface area contributed by atoms with Gasteiger partial charge < -0.3 is 4.90 Å². The summed E-state index contributed by atoms with van der Waals surface area (Å²) < 4.78 is 28.3. The molecule has 6 heteroatoms. The highest BCUT2D eigenvalue weighted by Gasteiger charge is 2.30. The first-order valence-electron chi connectivity index (χ1n) is 10.2. The first kappa shape index (κ1) is 20.0. The van der Waals surface area contributed by atoms with E-state index in [1.165, 1.54) is 9.87 Å². The minimum Gasteiger partial charge on any atom is -0.312 e. The van der Waals surface area contributed by atoms with Gasteiger partial charge in [-0.2, -0.15) is 0 Å². The molecule has 0 bridgehead atoms. The van der Waals surface area contributed by atoms with Gasteiger partial charge in [0, 0.05) is 25.2 Å². The summed E-state index contributed by atoms with van der Waals surface area (Å²) in [4.78, 5) is 13.9. The Kier molecular flexibility index (Phi) is 4.93. The largest absolute Gasteiger partial charge is 0.312 e. The van der Waals surface area contributed by atoms with Crippen molar-refractivity contribution in [3.63, 3.8) is 0 Å². The molecule has 29 heavy (non-hydrogen) atoms. The van der Waals surface area contributed by atoms with Crippen molar-refractivity contribution in [2.45, 2.75) is 56.8 Å². The number of rotatable bonds is 3. The Hall–Kier alpha value is -2.34. The summed E-state index contributed by atoms with van der Waals surface area (Å²) in [6.45, 7) is 7.67. The summed E-state index contributed by atoms with van der Waals surface area (Å²) >= 11 is 0. The van der Waals surface area contributed by atoms with Gasteiger partial charge in [0.2, 0.25) is 5.91 Å². The molecule has 0 unspecified atom stereocenters. The first-order valence-corrected chi connectivity index (χ1v) is 11.7. The molecule has 2 aromatic rings. The van der Waals surface area contributed by atoms with Crippen LogP contribution in [0.4, 0.5) is 11.4 Å². The van der Waals surface area contributed by atoms with Crippen LogP contribution in [0.25, 0.3) is 0 Å². The number of fused-ring (bicyclic) bond motifs is 1. The predicted molar refractivity (Wildman–Crippen MR) is 116 cm³/mol. The molecule has 1 fully saturated rings. The van der Waals surface area contributed by atoms with Crippen LogP contribution in [-0.4, -0.2) is 27.4 Å². The third-order valence-corrected chi connectivity index (χ3v) is 7.66. The van der Waals surface area contributed by atoms with Crippen LogP contribution in [0.2, 0.25) is 0 Å². The number of sulfonamides is 1. The van der Waals surface area contributed by atoms with E-state index in [0.717, 1.165) is 36.2 Å². The first-order chi connectivity index (χ1) is 13.7. The second-order valence-electron chi connectivity index (χ2n) is 8.92. The quantitative estimate of drug-likeness (QED) is 0.757. The zero-order valence-electron chi connectivity index (χ0n) is 17.3. The Morgan fingerprint density at radius 1 is 0.897 bits per heavy atom. The predicted octanol–water partition coefficient (Wildman–Crippen LogP) is 4.25. The van der Waals surface area contributed by atoms with Gasteiger partial charge in [-0.05, 0) is 66.1 Å². The normalized spacial score (nSPS) is 17.6. The average molecular weight is 413 g/mol. The standard InChI is InChI=1S/C23H28N2O3S/c1-23(2,3)18-8-13-21-17(16-18)6-4-15-25(21)29(27,28)20-11-9-19(10-12-20)24-14-5-7-22(24)26/h8-13,16H,4-7,14-15H2,1-3H3. The summed E-state index contributed by atoms with van der Waals surface area (Å²) in [5, 5.41) is 0. The second-order valence-corrected chi connectivity index (χ2v) is 10.8. The van der Waals surface area contributed by atoms with Crippen molar-refractivity contribution in [2.75, 3.05) is 22.3 Å². The van der Waals surface area contributed by atoms with E-state index in [0.29, 0.717) is 19.5 Å². The van der Waals surface area contributed by atoms with Gasteiger partial charge in [-0.1, -0.05) is 32.9 Å². The fourth-order valence-electron chi connectivity index (χ4n) is 4.13. The van der Waals surface area contributed by atoms with E-state index in [2.05, 4.69) is 26.8 Å².